The molecular formula is C15H18N2O2S. The van der Waals surface area contributed by atoms with Crippen molar-refractivity contribution in [3.8, 4) is 11.3 Å². The Morgan fingerprint density at radius 1 is 1.35 bits per heavy atom. The molecule has 0 unspecified atom stereocenters. The fraction of sp³-hybridized carbons (Fsp3) is 0.400. The van der Waals surface area contributed by atoms with Crippen LogP contribution in [-0.2, 0) is 11.2 Å². The molecule has 1 atom stereocenters. The first-order valence-electron chi connectivity index (χ1n) is 6.51. The quantitative estimate of drug-likeness (QED) is 0.919. The first-order chi connectivity index (χ1) is 9.39. The lowest BCUT2D eigenvalue weighted by molar-refractivity contribution is -0.128. The van der Waals surface area contributed by atoms with Gasteiger partial charge in [-0.3, -0.25) is 4.79 Å². The average molecular weight is 290 g/mol. The van der Waals surface area contributed by atoms with Crippen molar-refractivity contribution < 1.29 is 9.90 Å². The molecule has 0 radical (unpaired) electrons. The van der Waals surface area contributed by atoms with Gasteiger partial charge in [-0.25, -0.2) is 0 Å². The average Bonchev–Trinajstić information content (AvgIpc) is 2.86. The molecule has 1 heterocycles. The van der Waals surface area contributed by atoms with Crippen LogP contribution in [0.15, 0.2) is 30.3 Å². The van der Waals surface area contributed by atoms with E-state index in [2.05, 4.69) is 9.59 Å². The summed E-state index contributed by atoms with van der Waals surface area (Å²) in [6, 6.07) is 9.69. The summed E-state index contributed by atoms with van der Waals surface area (Å²) < 4.78 is 3.95. The zero-order valence-corrected chi connectivity index (χ0v) is 12.6. The highest BCUT2D eigenvalue weighted by Crippen LogP contribution is 2.26. The summed E-state index contributed by atoms with van der Waals surface area (Å²) in [4.78, 5) is 13.1. The molecule has 0 aliphatic carbocycles. The number of benzene rings is 1. The van der Waals surface area contributed by atoms with E-state index < -0.39 is 11.5 Å². The number of carbonyl (C=O) groups is 1. The van der Waals surface area contributed by atoms with Gasteiger partial charge in [-0.2, -0.15) is 0 Å². The molecule has 2 aromatic rings. The standard InChI is InChI=1S/C15H18N2O2S/c1-10(15(2,3)19)12(18)9-13-14(16-17-20-13)11-7-5-4-6-8-11/h4-8,10,19H,9H2,1-3H3/t10-/m1/s1. The second kappa shape index (κ2) is 5.81. The third kappa shape index (κ3) is 3.29. The smallest absolute Gasteiger partial charge is 0.143 e. The fourth-order valence-electron chi connectivity index (χ4n) is 1.85. The summed E-state index contributed by atoms with van der Waals surface area (Å²) in [6.07, 6.45) is 0.257. The van der Waals surface area contributed by atoms with Crippen molar-refractivity contribution in [1.29, 1.82) is 0 Å². The number of hydrogen-bond acceptors (Lipinski definition) is 5. The highest BCUT2D eigenvalue weighted by atomic mass is 32.1. The zero-order chi connectivity index (χ0) is 14.8. The first kappa shape index (κ1) is 14.8. The third-order valence-corrected chi connectivity index (χ3v) is 4.20. The molecule has 0 saturated heterocycles. The maximum Gasteiger partial charge on any atom is 0.143 e. The predicted octanol–water partition coefficient (Wildman–Crippen LogP) is 2.72. The summed E-state index contributed by atoms with van der Waals surface area (Å²) in [5, 5.41) is 14.0. The van der Waals surface area contributed by atoms with Gasteiger partial charge in [0, 0.05) is 17.9 Å². The monoisotopic (exact) mass is 290 g/mol. The lowest BCUT2D eigenvalue weighted by atomic mass is 9.87. The van der Waals surface area contributed by atoms with Gasteiger partial charge in [0.05, 0.1) is 10.5 Å². The number of ketones is 1. The van der Waals surface area contributed by atoms with Crippen LogP contribution in [0.1, 0.15) is 25.6 Å². The Bertz CT molecular complexity index is 587. The van der Waals surface area contributed by atoms with E-state index in [1.807, 2.05) is 30.3 Å². The lowest BCUT2D eigenvalue weighted by Crippen LogP contribution is -2.35. The summed E-state index contributed by atoms with van der Waals surface area (Å²) >= 11 is 1.24. The molecule has 0 aliphatic heterocycles. The van der Waals surface area contributed by atoms with E-state index in [-0.39, 0.29) is 12.2 Å². The molecular weight excluding hydrogens is 272 g/mol. The summed E-state index contributed by atoms with van der Waals surface area (Å²) in [7, 11) is 0. The molecule has 0 fully saturated rings. The van der Waals surface area contributed by atoms with Gasteiger partial charge in [0.1, 0.15) is 11.5 Å². The van der Waals surface area contributed by atoms with Crippen LogP contribution >= 0.6 is 11.5 Å². The van der Waals surface area contributed by atoms with Crippen LogP contribution in [0.2, 0.25) is 0 Å². The van der Waals surface area contributed by atoms with Crippen molar-refractivity contribution in [2.24, 2.45) is 5.92 Å². The first-order valence-corrected chi connectivity index (χ1v) is 7.28. The molecule has 106 valence electrons. The molecule has 4 nitrogen and oxygen atoms in total. The Balaban J connectivity index is 2.20. The van der Waals surface area contributed by atoms with Crippen LogP contribution in [0.3, 0.4) is 0 Å². The van der Waals surface area contributed by atoms with Crippen molar-refractivity contribution >= 4 is 17.3 Å². The predicted molar refractivity (Wildman–Crippen MR) is 79.5 cm³/mol. The van der Waals surface area contributed by atoms with E-state index in [4.69, 9.17) is 0 Å². The highest BCUT2D eigenvalue weighted by molar-refractivity contribution is 7.06. The van der Waals surface area contributed by atoms with Crippen molar-refractivity contribution in [3.05, 3.63) is 35.2 Å². The molecule has 20 heavy (non-hydrogen) atoms. The minimum atomic E-state index is -1.01. The summed E-state index contributed by atoms with van der Waals surface area (Å²) in [6.45, 7) is 5.05. The zero-order valence-electron chi connectivity index (χ0n) is 11.8. The Hall–Kier alpha value is -1.59. The third-order valence-electron chi connectivity index (χ3n) is 3.48. The lowest BCUT2D eigenvalue weighted by Gasteiger charge is -2.24. The number of carbonyl (C=O) groups excluding carboxylic acids is 1. The molecule has 1 N–H and O–H groups in total. The summed E-state index contributed by atoms with van der Waals surface area (Å²) in [5.74, 6) is -0.422. The van der Waals surface area contributed by atoms with E-state index in [1.165, 1.54) is 11.5 Å². The number of rotatable bonds is 5. The van der Waals surface area contributed by atoms with Crippen molar-refractivity contribution in [2.45, 2.75) is 32.8 Å². The van der Waals surface area contributed by atoms with Crippen LogP contribution in [0, 0.1) is 5.92 Å². The number of hydrogen-bond donors (Lipinski definition) is 1. The summed E-state index contributed by atoms with van der Waals surface area (Å²) in [5.41, 5.74) is 0.703. The van der Waals surface area contributed by atoms with Gasteiger partial charge >= 0.3 is 0 Å². The second-order valence-corrected chi connectivity index (χ2v) is 6.27. The van der Waals surface area contributed by atoms with E-state index >= 15 is 0 Å². The number of aromatic nitrogens is 2. The Kier molecular flexibility index (Phi) is 4.30. The van der Waals surface area contributed by atoms with E-state index in [0.29, 0.717) is 0 Å². The second-order valence-electron chi connectivity index (χ2n) is 5.43. The van der Waals surface area contributed by atoms with Gasteiger partial charge in [-0.05, 0) is 25.4 Å². The van der Waals surface area contributed by atoms with Crippen LogP contribution in [0.5, 0.6) is 0 Å². The maximum atomic E-state index is 12.2. The van der Waals surface area contributed by atoms with Crippen molar-refractivity contribution in [3.63, 3.8) is 0 Å². The fourth-order valence-corrected chi connectivity index (χ4v) is 2.52. The van der Waals surface area contributed by atoms with Crippen LogP contribution in [0.4, 0.5) is 0 Å². The minimum Gasteiger partial charge on any atom is -0.390 e. The van der Waals surface area contributed by atoms with Gasteiger partial charge in [-0.15, -0.1) is 5.10 Å². The maximum absolute atomic E-state index is 12.2. The molecule has 5 heteroatoms. The topological polar surface area (TPSA) is 63.1 Å². The largest absolute Gasteiger partial charge is 0.390 e. The van der Waals surface area contributed by atoms with Gasteiger partial charge in [0.2, 0.25) is 0 Å². The van der Waals surface area contributed by atoms with Gasteiger partial charge in [0.25, 0.3) is 0 Å². The van der Waals surface area contributed by atoms with E-state index in [0.717, 1.165) is 16.1 Å². The van der Waals surface area contributed by atoms with Crippen LogP contribution < -0.4 is 0 Å². The van der Waals surface area contributed by atoms with Crippen molar-refractivity contribution in [2.75, 3.05) is 0 Å². The van der Waals surface area contributed by atoms with Crippen LogP contribution in [0.25, 0.3) is 11.3 Å². The van der Waals surface area contributed by atoms with Gasteiger partial charge in [0.15, 0.2) is 0 Å². The molecule has 0 spiro atoms. The Labute approximate surface area is 122 Å². The number of nitrogens with zero attached hydrogens (tertiary/aromatic N) is 2. The Morgan fingerprint density at radius 2 is 2.00 bits per heavy atom. The van der Waals surface area contributed by atoms with Gasteiger partial charge in [-0.1, -0.05) is 41.7 Å². The van der Waals surface area contributed by atoms with E-state index in [9.17, 15) is 9.90 Å². The number of aliphatic hydroxyl groups is 1. The molecule has 0 amide bonds. The molecule has 0 saturated carbocycles. The minimum absolute atomic E-state index is 0.000677. The molecule has 0 bridgehead atoms. The van der Waals surface area contributed by atoms with E-state index in [1.54, 1.807) is 20.8 Å². The molecule has 1 aromatic carbocycles. The molecule has 1 aromatic heterocycles. The highest BCUT2D eigenvalue weighted by Gasteiger charge is 2.29. The Morgan fingerprint density at radius 3 is 2.60 bits per heavy atom. The molecule has 2 rings (SSSR count). The van der Waals surface area contributed by atoms with Crippen molar-refractivity contribution in [1.82, 2.24) is 9.59 Å². The SMILES string of the molecule is C[C@H](C(=O)Cc1snnc1-c1ccccc1)C(C)(C)O. The number of Topliss-reactive ketones (excluding diaryl/α,β-unsaturated/α-hetero) is 1. The molecule has 0 aliphatic rings. The van der Waals surface area contributed by atoms with Crippen LogP contribution in [-0.4, -0.2) is 26.1 Å². The normalized spacial score (nSPS) is 13.2. The van der Waals surface area contributed by atoms with Gasteiger partial charge < -0.3 is 5.11 Å².